The molecule has 0 aliphatic heterocycles. The van der Waals surface area contributed by atoms with E-state index in [1.165, 1.54) is 13.3 Å². The molecule has 0 saturated carbocycles. The summed E-state index contributed by atoms with van der Waals surface area (Å²) < 4.78 is 6.00. The summed E-state index contributed by atoms with van der Waals surface area (Å²) in [5, 5.41) is 6.84. The molecule has 3 N–H and O–H groups in total. The summed E-state index contributed by atoms with van der Waals surface area (Å²) >= 11 is 1.12. The van der Waals surface area contributed by atoms with Crippen molar-refractivity contribution in [2.24, 2.45) is 0 Å². The van der Waals surface area contributed by atoms with Crippen molar-refractivity contribution in [3.8, 4) is 0 Å². The van der Waals surface area contributed by atoms with Crippen LogP contribution in [0.2, 0.25) is 0 Å². The van der Waals surface area contributed by atoms with Crippen LogP contribution < -0.4 is 21.9 Å². The smallest absolute Gasteiger partial charge is 0.328 e. The highest BCUT2D eigenvalue weighted by molar-refractivity contribution is 7.14. The molecule has 0 spiro atoms. The molecule has 27 heavy (non-hydrogen) atoms. The lowest BCUT2D eigenvalue weighted by Crippen LogP contribution is -2.39. The number of hydrogen-bond donors (Lipinski definition) is 3. The number of nitrogens with one attached hydrogen (secondary N) is 3. The van der Waals surface area contributed by atoms with Gasteiger partial charge in [-0.2, -0.15) is 0 Å². The van der Waals surface area contributed by atoms with Crippen molar-refractivity contribution in [3.63, 3.8) is 0 Å². The zero-order valence-corrected chi connectivity index (χ0v) is 15.0. The second-order valence-corrected chi connectivity index (χ2v) is 6.28. The zero-order chi connectivity index (χ0) is 19.4. The first kappa shape index (κ1) is 18.3. The first-order valence-corrected chi connectivity index (χ1v) is 8.67. The average Bonchev–Trinajstić information content (AvgIpc) is 3.30. The Morgan fingerprint density at radius 2 is 2.19 bits per heavy atom. The summed E-state index contributed by atoms with van der Waals surface area (Å²) in [5.41, 5.74) is -1.17. The van der Waals surface area contributed by atoms with E-state index in [4.69, 9.17) is 4.42 Å². The van der Waals surface area contributed by atoms with Gasteiger partial charge < -0.3 is 14.7 Å². The number of nitrogens with zero attached hydrogens (tertiary/aromatic N) is 2. The Morgan fingerprint density at radius 1 is 1.37 bits per heavy atom. The Labute approximate surface area is 155 Å². The summed E-state index contributed by atoms with van der Waals surface area (Å²) in [4.78, 5) is 54.7. The molecule has 0 atom stereocenters. The van der Waals surface area contributed by atoms with E-state index in [0.717, 1.165) is 22.1 Å². The van der Waals surface area contributed by atoms with Gasteiger partial charge in [-0.15, -0.1) is 11.3 Å². The van der Waals surface area contributed by atoms with Gasteiger partial charge in [-0.25, -0.2) is 9.78 Å². The van der Waals surface area contributed by atoms with Crippen molar-refractivity contribution >= 4 is 28.3 Å². The van der Waals surface area contributed by atoms with Crippen LogP contribution in [0.25, 0.3) is 0 Å². The number of anilines is 1. The molecule has 3 aromatic rings. The topological polar surface area (TPSA) is 139 Å². The van der Waals surface area contributed by atoms with Crippen LogP contribution in [-0.4, -0.2) is 33.4 Å². The van der Waals surface area contributed by atoms with Crippen molar-refractivity contribution in [1.82, 2.24) is 19.9 Å². The van der Waals surface area contributed by atoms with E-state index in [2.05, 4.69) is 20.6 Å². The van der Waals surface area contributed by atoms with Crippen LogP contribution in [0.3, 0.4) is 0 Å². The number of aromatic nitrogens is 3. The lowest BCUT2D eigenvalue weighted by Gasteiger charge is -2.05. The number of carbonyl (C=O) groups is 2. The third-order valence-electron chi connectivity index (χ3n) is 3.59. The zero-order valence-electron chi connectivity index (χ0n) is 14.1. The number of likely N-dealkylation sites (N-methyl/N-ethyl adjacent to an activating group) is 1. The van der Waals surface area contributed by atoms with Gasteiger partial charge in [0.1, 0.15) is 11.3 Å². The third kappa shape index (κ3) is 4.20. The molecule has 3 aromatic heterocycles. The highest BCUT2D eigenvalue weighted by atomic mass is 32.1. The maximum atomic E-state index is 12.5. The molecular weight excluding hydrogens is 374 g/mol. The molecule has 2 amide bonds. The number of hydrogen-bond acceptors (Lipinski definition) is 7. The van der Waals surface area contributed by atoms with Crippen LogP contribution in [0.15, 0.2) is 44.0 Å². The minimum absolute atomic E-state index is 0.0808. The highest BCUT2D eigenvalue weighted by Crippen LogP contribution is 2.16. The van der Waals surface area contributed by atoms with Crippen LogP contribution in [-0.2, 0) is 17.8 Å². The second kappa shape index (κ2) is 7.83. The summed E-state index contributed by atoms with van der Waals surface area (Å²) in [6.07, 6.45) is 2.55. The van der Waals surface area contributed by atoms with Gasteiger partial charge in [0.15, 0.2) is 5.13 Å². The standard InChI is InChI=1S/C16H15N5O5S/c1-17-12(22)5-9-8-27-15(19-9)20-13(23)11-6-18-16(25)21(14(11)24)7-10-3-2-4-26-10/h2-4,6,8H,5,7H2,1H3,(H,17,22)(H,18,25)(H,19,20,23). The summed E-state index contributed by atoms with van der Waals surface area (Å²) in [5.74, 6) is -0.524. The number of aromatic amines is 1. The summed E-state index contributed by atoms with van der Waals surface area (Å²) in [6, 6.07) is 3.24. The molecule has 0 saturated heterocycles. The normalized spacial score (nSPS) is 10.6. The SMILES string of the molecule is CNC(=O)Cc1csc(NC(=O)c2c[nH]c(=O)n(Cc3ccco3)c2=O)n1. The fraction of sp³-hybridized carbons (Fsp3) is 0.188. The molecule has 140 valence electrons. The Bertz CT molecular complexity index is 1080. The van der Waals surface area contributed by atoms with E-state index >= 15 is 0 Å². The molecule has 3 rings (SSSR count). The fourth-order valence-corrected chi connectivity index (χ4v) is 2.94. The quantitative estimate of drug-likeness (QED) is 0.549. The third-order valence-corrected chi connectivity index (χ3v) is 4.40. The van der Waals surface area contributed by atoms with E-state index in [9.17, 15) is 19.2 Å². The summed E-state index contributed by atoms with van der Waals surface area (Å²) in [6.45, 7) is -0.101. The Morgan fingerprint density at radius 3 is 2.89 bits per heavy atom. The molecule has 0 bridgehead atoms. The van der Waals surface area contributed by atoms with E-state index in [1.54, 1.807) is 17.5 Å². The van der Waals surface area contributed by atoms with Crippen molar-refractivity contribution in [2.75, 3.05) is 12.4 Å². The maximum absolute atomic E-state index is 12.5. The first-order valence-electron chi connectivity index (χ1n) is 7.79. The minimum Gasteiger partial charge on any atom is -0.467 e. The van der Waals surface area contributed by atoms with Crippen molar-refractivity contribution < 1.29 is 14.0 Å². The van der Waals surface area contributed by atoms with Gasteiger partial charge in [-0.3, -0.25) is 24.3 Å². The fourth-order valence-electron chi connectivity index (χ4n) is 2.24. The Balaban J connectivity index is 1.80. The molecule has 11 heteroatoms. The lowest BCUT2D eigenvalue weighted by atomic mass is 10.3. The molecule has 0 fully saturated rings. The lowest BCUT2D eigenvalue weighted by molar-refractivity contribution is -0.120. The minimum atomic E-state index is -0.755. The van der Waals surface area contributed by atoms with Crippen LogP contribution in [0, 0.1) is 0 Å². The van der Waals surface area contributed by atoms with Crippen molar-refractivity contribution in [1.29, 1.82) is 0 Å². The Hall–Kier alpha value is -3.47. The van der Waals surface area contributed by atoms with Gasteiger partial charge in [0.25, 0.3) is 11.5 Å². The largest absolute Gasteiger partial charge is 0.467 e. The molecule has 0 radical (unpaired) electrons. The number of amides is 2. The van der Waals surface area contributed by atoms with Gasteiger partial charge in [0.2, 0.25) is 5.91 Å². The molecule has 0 aliphatic carbocycles. The predicted octanol–water partition coefficient (Wildman–Crippen LogP) is 0.175. The van der Waals surface area contributed by atoms with Crippen molar-refractivity contribution in [2.45, 2.75) is 13.0 Å². The maximum Gasteiger partial charge on any atom is 0.328 e. The van der Waals surface area contributed by atoms with Crippen LogP contribution in [0.5, 0.6) is 0 Å². The molecule has 0 unspecified atom stereocenters. The van der Waals surface area contributed by atoms with Gasteiger partial charge in [-0.05, 0) is 12.1 Å². The molecule has 0 aliphatic rings. The number of furan rings is 1. The molecular formula is C16H15N5O5S. The number of thiazole rings is 1. The van der Waals surface area contributed by atoms with Gasteiger partial charge >= 0.3 is 5.69 Å². The number of rotatable bonds is 6. The van der Waals surface area contributed by atoms with E-state index < -0.39 is 17.2 Å². The first-order chi connectivity index (χ1) is 13.0. The molecule has 10 nitrogen and oxygen atoms in total. The van der Waals surface area contributed by atoms with Crippen LogP contribution in [0.4, 0.5) is 5.13 Å². The average molecular weight is 389 g/mol. The van der Waals surface area contributed by atoms with Crippen LogP contribution in [0.1, 0.15) is 21.8 Å². The van der Waals surface area contributed by atoms with Gasteiger partial charge in [0.05, 0.1) is 24.9 Å². The monoisotopic (exact) mass is 389 g/mol. The molecule has 3 heterocycles. The van der Waals surface area contributed by atoms with E-state index in [-0.39, 0.29) is 29.6 Å². The number of H-pyrrole nitrogens is 1. The van der Waals surface area contributed by atoms with Gasteiger partial charge in [0, 0.05) is 18.6 Å². The van der Waals surface area contributed by atoms with Crippen molar-refractivity contribution in [3.05, 3.63) is 67.8 Å². The van der Waals surface area contributed by atoms with E-state index in [0.29, 0.717) is 11.5 Å². The highest BCUT2D eigenvalue weighted by Gasteiger charge is 2.17. The van der Waals surface area contributed by atoms with E-state index in [1.807, 2.05) is 0 Å². The summed E-state index contributed by atoms with van der Waals surface area (Å²) in [7, 11) is 1.52. The second-order valence-electron chi connectivity index (χ2n) is 5.43. The van der Waals surface area contributed by atoms with Crippen LogP contribution >= 0.6 is 11.3 Å². The van der Waals surface area contributed by atoms with Gasteiger partial charge in [-0.1, -0.05) is 0 Å². The Kier molecular flexibility index (Phi) is 5.31. The molecule has 0 aromatic carbocycles. The predicted molar refractivity (Wildman–Crippen MR) is 97.0 cm³/mol. The number of carbonyl (C=O) groups excluding carboxylic acids is 2.